The predicted molar refractivity (Wildman–Crippen MR) is 105 cm³/mol. The summed E-state index contributed by atoms with van der Waals surface area (Å²) in [5, 5.41) is 2.86. The van der Waals surface area contributed by atoms with Crippen LogP contribution >= 0.6 is 35.7 Å². The van der Waals surface area contributed by atoms with E-state index in [1.165, 1.54) is 24.3 Å². The van der Waals surface area contributed by atoms with Crippen LogP contribution in [0.25, 0.3) is 0 Å². The Bertz CT molecular complexity index is 564. The lowest BCUT2D eigenvalue weighted by Crippen LogP contribution is -2.37. The second-order valence-corrected chi connectivity index (χ2v) is 6.67. The zero-order valence-corrected chi connectivity index (χ0v) is 16.8. The van der Waals surface area contributed by atoms with E-state index in [2.05, 4.69) is 15.0 Å². The molecule has 0 aliphatic carbocycles. The average Bonchev–Trinajstić information content (AvgIpc) is 2.54. The van der Waals surface area contributed by atoms with Crippen LogP contribution in [-0.4, -0.2) is 43.1 Å². The SMILES string of the molecule is CSC1(CN=C(N)Nc2ccc(OC(F)(F)F)cc2)CCOCC1.I. The summed E-state index contributed by atoms with van der Waals surface area (Å²) in [5.41, 5.74) is 6.40. The Morgan fingerprint density at radius 3 is 2.44 bits per heavy atom. The molecule has 1 aliphatic heterocycles. The number of hydrogen-bond acceptors (Lipinski definition) is 4. The van der Waals surface area contributed by atoms with Crippen LogP contribution in [0.2, 0.25) is 0 Å². The third-order valence-corrected chi connectivity index (χ3v) is 5.14. The molecule has 0 saturated carbocycles. The summed E-state index contributed by atoms with van der Waals surface area (Å²) < 4.78 is 45.5. The minimum absolute atomic E-state index is 0. The van der Waals surface area contributed by atoms with E-state index in [9.17, 15) is 13.2 Å². The molecule has 1 aliphatic rings. The summed E-state index contributed by atoms with van der Waals surface area (Å²) in [4.78, 5) is 4.36. The number of hydrogen-bond donors (Lipinski definition) is 2. The Hall–Kier alpha value is -0.880. The van der Waals surface area contributed by atoms with E-state index in [0.29, 0.717) is 25.4 Å². The van der Waals surface area contributed by atoms with E-state index in [1.54, 1.807) is 11.8 Å². The van der Waals surface area contributed by atoms with Gasteiger partial charge in [-0.3, -0.25) is 4.99 Å². The third-order valence-electron chi connectivity index (χ3n) is 3.73. The molecule has 1 heterocycles. The van der Waals surface area contributed by atoms with Crippen molar-refractivity contribution in [3.8, 4) is 5.75 Å². The summed E-state index contributed by atoms with van der Waals surface area (Å²) in [7, 11) is 0. The van der Waals surface area contributed by atoms with Crippen LogP contribution in [0.3, 0.4) is 0 Å². The molecule has 142 valence electrons. The number of nitrogens with one attached hydrogen (secondary N) is 1. The molecule has 1 fully saturated rings. The number of nitrogens with zero attached hydrogens (tertiary/aromatic N) is 1. The van der Waals surface area contributed by atoms with Crippen LogP contribution in [0.5, 0.6) is 5.75 Å². The summed E-state index contributed by atoms with van der Waals surface area (Å²) in [6.45, 7) is 1.99. The quantitative estimate of drug-likeness (QED) is 0.372. The second kappa shape index (κ2) is 9.72. The fraction of sp³-hybridized carbons (Fsp3) is 0.533. The van der Waals surface area contributed by atoms with E-state index < -0.39 is 6.36 Å². The van der Waals surface area contributed by atoms with Crippen molar-refractivity contribution in [3.05, 3.63) is 24.3 Å². The van der Waals surface area contributed by atoms with E-state index in [0.717, 1.165) is 12.8 Å². The van der Waals surface area contributed by atoms with Gasteiger partial charge in [-0.2, -0.15) is 11.8 Å². The zero-order valence-electron chi connectivity index (χ0n) is 13.6. The molecule has 10 heteroatoms. The molecule has 1 saturated heterocycles. The molecule has 0 aromatic heterocycles. The smallest absolute Gasteiger partial charge is 0.406 e. The molecular formula is C15H21F3IN3O2S. The Morgan fingerprint density at radius 2 is 1.92 bits per heavy atom. The second-order valence-electron chi connectivity index (χ2n) is 5.40. The van der Waals surface area contributed by atoms with Crippen LogP contribution in [0, 0.1) is 0 Å². The van der Waals surface area contributed by atoms with Crippen molar-refractivity contribution in [2.45, 2.75) is 24.0 Å². The van der Waals surface area contributed by atoms with Gasteiger partial charge in [0, 0.05) is 23.6 Å². The molecule has 5 nitrogen and oxygen atoms in total. The number of guanidine groups is 1. The number of halogens is 4. The fourth-order valence-electron chi connectivity index (χ4n) is 2.33. The normalized spacial score (nSPS) is 17.5. The van der Waals surface area contributed by atoms with Crippen molar-refractivity contribution in [3.63, 3.8) is 0 Å². The molecule has 3 N–H and O–H groups in total. The van der Waals surface area contributed by atoms with Crippen molar-refractivity contribution >= 4 is 47.4 Å². The topological polar surface area (TPSA) is 68.9 Å². The van der Waals surface area contributed by atoms with Gasteiger partial charge >= 0.3 is 6.36 Å². The Kier molecular flexibility index (Phi) is 8.61. The first-order chi connectivity index (χ1) is 11.3. The van der Waals surface area contributed by atoms with Gasteiger partial charge in [0.15, 0.2) is 5.96 Å². The summed E-state index contributed by atoms with van der Waals surface area (Å²) in [6.07, 6.45) is -0.835. The van der Waals surface area contributed by atoms with Crippen molar-refractivity contribution in [1.29, 1.82) is 0 Å². The van der Waals surface area contributed by atoms with Crippen LogP contribution in [0.15, 0.2) is 29.3 Å². The number of thioether (sulfide) groups is 1. The van der Waals surface area contributed by atoms with Gasteiger partial charge in [0.2, 0.25) is 0 Å². The van der Waals surface area contributed by atoms with Gasteiger partial charge in [-0.25, -0.2) is 0 Å². The van der Waals surface area contributed by atoms with Crippen LogP contribution in [0.4, 0.5) is 18.9 Å². The monoisotopic (exact) mass is 491 g/mol. The Balaban J connectivity index is 0.00000312. The van der Waals surface area contributed by atoms with E-state index in [1.807, 2.05) is 6.26 Å². The molecule has 2 rings (SSSR count). The molecule has 0 radical (unpaired) electrons. The van der Waals surface area contributed by atoms with Gasteiger partial charge in [0.1, 0.15) is 5.75 Å². The maximum absolute atomic E-state index is 12.1. The number of ether oxygens (including phenoxy) is 2. The molecule has 0 amide bonds. The highest BCUT2D eigenvalue weighted by Crippen LogP contribution is 2.34. The van der Waals surface area contributed by atoms with E-state index in [-0.39, 0.29) is 40.4 Å². The highest BCUT2D eigenvalue weighted by molar-refractivity contribution is 14.0. The maximum Gasteiger partial charge on any atom is 0.573 e. The highest BCUT2D eigenvalue weighted by Gasteiger charge is 2.32. The predicted octanol–water partition coefficient (Wildman–Crippen LogP) is 3.84. The van der Waals surface area contributed by atoms with Gasteiger partial charge in [-0.05, 0) is 43.4 Å². The molecular weight excluding hydrogens is 470 g/mol. The largest absolute Gasteiger partial charge is 0.573 e. The molecule has 1 aromatic carbocycles. The summed E-state index contributed by atoms with van der Waals surface area (Å²) in [5.74, 6) is -0.0634. The number of aliphatic imine (C=N–C) groups is 1. The summed E-state index contributed by atoms with van der Waals surface area (Å²) >= 11 is 1.76. The fourth-order valence-corrected chi connectivity index (χ4v) is 3.10. The van der Waals surface area contributed by atoms with Gasteiger partial charge in [0.25, 0.3) is 0 Å². The first-order valence-electron chi connectivity index (χ1n) is 7.38. The number of rotatable bonds is 5. The van der Waals surface area contributed by atoms with Gasteiger partial charge in [0.05, 0.1) is 6.54 Å². The van der Waals surface area contributed by atoms with Gasteiger partial charge < -0.3 is 20.5 Å². The van der Waals surface area contributed by atoms with Gasteiger partial charge in [-0.1, -0.05) is 0 Å². The lowest BCUT2D eigenvalue weighted by molar-refractivity contribution is -0.274. The lowest BCUT2D eigenvalue weighted by Gasteiger charge is -2.34. The number of anilines is 1. The molecule has 1 aromatic rings. The zero-order chi connectivity index (χ0) is 17.6. The van der Waals surface area contributed by atoms with Crippen molar-refractivity contribution in [2.24, 2.45) is 10.7 Å². The molecule has 25 heavy (non-hydrogen) atoms. The number of alkyl halides is 3. The Labute approximate surface area is 165 Å². The molecule has 0 bridgehead atoms. The van der Waals surface area contributed by atoms with Crippen molar-refractivity contribution in [2.75, 3.05) is 31.3 Å². The number of nitrogens with two attached hydrogens (primary N) is 1. The standard InChI is InChI=1S/C15H20F3N3O2S.HI/c1-24-14(6-8-22-9-7-14)10-20-13(19)21-11-2-4-12(5-3-11)23-15(16,17)18;/h2-5H,6-10H2,1H3,(H3,19,20,21);1H. The minimum Gasteiger partial charge on any atom is -0.406 e. The Morgan fingerprint density at radius 1 is 1.32 bits per heavy atom. The lowest BCUT2D eigenvalue weighted by atomic mass is 9.99. The van der Waals surface area contributed by atoms with Gasteiger partial charge in [-0.15, -0.1) is 37.1 Å². The minimum atomic E-state index is -4.70. The first-order valence-corrected chi connectivity index (χ1v) is 8.60. The van der Waals surface area contributed by atoms with Crippen LogP contribution in [-0.2, 0) is 4.74 Å². The van der Waals surface area contributed by atoms with Crippen molar-refractivity contribution in [1.82, 2.24) is 0 Å². The molecule has 0 atom stereocenters. The molecule has 0 unspecified atom stereocenters. The van der Waals surface area contributed by atoms with E-state index in [4.69, 9.17) is 10.5 Å². The summed E-state index contributed by atoms with van der Waals surface area (Å²) in [6, 6.07) is 5.32. The maximum atomic E-state index is 12.1. The van der Waals surface area contributed by atoms with Crippen molar-refractivity contribution < 1.29 is 22.6 Å². The van der Waals surface area contributed by atoms with Crippen LogP contribution < -0.4 is 15.8 Å². The number of benzene rings is 1. The molecule has 0 spiro atoms. The first kappa shape index (κ1) is 22.2. The average molecular weight is 491 g/mol. The highest BCUT2D eigenvalue weighted by atomic mass is 127. The third kappa shape index (κ3) is 7.48. The van der Waals surface area contributed by atoms with Crippen LogP contribution in [0.1, 0.15) is 12.8 Å². The van der Waals surface area contributed by atoms with E-state index >= 15 is 0 Å².